The number of anilines is 2. The van der Waals surface area contributed by atoms with E-state index in [4.69, 9.17) is 11.5 Å². The maximum Gasteiger partial charge on any atom is 0.251 e. The molecule has 21 heavy (non-hydrogen) atoms. The van der Waals surface area contributed by atoms with E-state index in [0.717, 1.165) is 32.5 Å². The molecule has 1 atom stereocenters. The topological polar surface area (TPSA) is 84.4 Å². The monoisotopic (exact) mass is 292 g/mol. The Balaban J connectivity index is 2.43. The largest absolute Gasteiger partial charge is 0.399 e. The van der Waals surface area contributed by atoms with Gasteiger partial charge in [0.1, 0.15) is 0 Å². The maximum atomic E-state index is 12.1. The molecule has 0 bridgehead atoms. The normalized spacial score (nSPS) is 12.4. The Labute approximate surface area is 127 Å². The Morgan fingerprint density at radius 3 is 2.29 bits per heavy atom. The molecule has 0 spiro atoms. The lowest BCUT2D eigenvalue weighted by Gasteiger charge is -2.20. The number of nitrogen functional groups attached to an aromatic ring is 2. The minimum atomic E-state index is -0.121. The predicted molar refractivity (Wildman–Crippen MR) is 89.2 cm³/mol. The zero-order valence-corrected chi connectivity index (χ0v) is 13.4. The van der Waals surface area contributed by atoms with Crippen LogP contribution in [-0.2, 0) is 0 Å². The lowest BCUT2D eigenvalue weighted by Crippen LogP contribution is -2.33. The van der Waals surface area contributed by atoms with Crippen LogP contribution >= 0.6 is 0 Å². The van der Waals surface area contributed by atoms with Crippen molar-refractivity contribution in [2.45, 2.75) is 39.7 Å². The summed E-state index contributed by atoms with van der Waals surface area (Å²) in [6, 6.07) is 5.07. The van der Waals surface area contributed by atoms with E-state index in [1.54, 1.807) is 18.2 Å². The van der Waals surface area contributed by atoms with Crippen LogP contribution < -0.4 is 16.8 Å². The Hall–Kier alpha value is -1.75. The van der Waals surface area contributed by atoms with E-state index in [-0.39, 0.29) is 11.9 Å². The van der Waals surface area contributed by atoms with Crippen LogP contribution in [0.15, 0.2) is 18.2 Å². The van der Waals surface area contributed by atoms with Gasteiger partial charge in [-0.3, -0.25) is 4.79 Å². The van der Waals surface area contributed by atoms with Crippen molar-refractivity contribution < 1.29 is 4.79 Å². The highest BCUT2D eigenvalue weighted by molar-refractivity contribution is 5.96. The molecule has 5 N–H and O–H groups in total. The molecular weight excluding hydrogens is 264 g/mol. The fourth-order valence-electron chi connectivity index (χ4n) is 2.35. The third-order valence-electron chi connectivity index (χ3n) is 3.62. The average Bonchev–Trinajstić information content (AvgIpc) is 2.42. The van der Waals surface area contributed by atoms with Crippen molar-refractivity contribution in [3.63, 3.8) is 0 Å². The SMILES string of the molecule is CCN(CC)CCCC(C)NC(=O)c1cc(N)cc(N)c1. The van der Waals surface area contributed by atoms with Gasteiger partial charge in [0.25, 0.3) is 5.91 Å². The number of amides is 1. The number of nitrogens with one attached hydrogen (secondary N) is 1. The van der Waals surface area contributed by atoms with Gasteiger partial charge in [0.05, 0.1) is 0 Å². The first-order valence-electron chi connectivity index (χ1n) is 7.65. The van der Waals surface area contributed by atoms with Gasteiger partial charge in [-0.2, -0.15) is 0 Å². The van der Waals surface area contributed by atoms with E-state index >= 15 is 0 Å². The van der Waals surface area contributed by atoms with Gasteiger partial charge in [-0.05, 0) is 57.6 Å². The van der Waals surface area contributed by atoms with Crippen LogP contribution in [0.25, 0.3) is 0 Å². The summed E-state index contributed by atoms with van der Waals surface area (Å²) < 4.78 is 0. The van der Waals surface area contributed by atoms with E-state index in [1.807, 2.05) is 6.92 Å². The fraction of sp³-hybridized carbons (Fsp3) is 0.562. The lowest BCUT2D eigenvalue weighted by molar-refractivity contribution is 0.0937. The molecule has 0 saturated carbocycles. The standard InChI is InChI=1S/C16H28N4O/c1-4-20(5-2)8-6-7-12(3)19-16(21)13-9-14(17)11-15(18)10-13/h9-12H,4-8,17-18H2,1-3H3,(H,19,21). The average molecular weight is 292 g/mol. The summed E-state index contributed by atoms with van der Waals surface area (Å²) in [7, 11) is 0. The second-order valence-corrected chi connectivity index (χ2v) is 5.43. The van der Waals surface area contributed by atoms with Crippen LogP contribution in [0.1, 0.15) is 44.0 Å². The maximum absolute atomic E-state index is 12.1. The van der Waals surface area contributed by atoms with Crippen LogP contribution in [0.2, 0.25) is 0 Å². The van der Waals surface area contributed by atoms with Crippen molar-refractivity contribution in [3.8, 4) is 0 Å². The van der Waals surface area contributed by atoms with Crippen molar-refractivity contribution in [3.05, 3.63) is 23.8 Å². The summed E-state index contributed by atoms with van der Waals surface area (Å²) in [6.45, 7) is 9.56. The highest BCUT2D eigenvalue weighted by atomic mass is 16.1. The van der Waals surface area contributed by atoms with Crippen LogP contribution in [0.3, 0.4) is 0 Å². The molecule has 5 nitrogen and oxygen atoms in total. The van der Waals surface area contributed by atoms with Gasteiger partial charge in [0, 0.05) is 23.0 Å². The zero-order valence-electron chi connectivity index (χ0n) is 13.4. The third-order valence-corrected chi connectivity index (χ3v) is 3.62. The van der Waals surface area contributed by atoms with Crippen LogP contribution in [0.4, 0.5) is 11.4 Å². The molecule has 1 aromatic carbocycles. The number of carbonyl (C=O) groups excluding carboxylic acids is 1. The molecule has 0 aromatic heterocycles. The van der Waals surface area contributed by atoms with E-state index in [2.05, 4.69) is 24.1 Å². The quantitative estimate of drug-likeness (QED) is 0.641. The minimum absolute atomic E-state index is 0.121. The molecule has 0 saturated heterocycles. The summed E-state index contributed by atoms with van der Waals surface area (Å²) >= 11 is 0. The predicted octanol–water partition coefficient (Wildman–Crippen LogP) is 2.09. The molecule has 1 rings (SSSR count). The molecule has 0 aliphatic carbocycles. The van der Waals surface area contributed by atoms with Crippen LogP contribution in [0, 0.1) is 0 Å². The van der Waals surface area contributed by atoms with Crippen molar-refractivity contribution in [1.82, 2.24) is 10.2 Å². The summed E-state index contributed by atoms with van der Waals surface area (Å²) in [5.41, 5.74) is 12.9. The Bertz CT molecular complexity index is 437. The first-order chi connectivity index (χ1) is 9.96. The number of hydrogen-bond donors (Lipinski definition) is 3. The Morgan fingerprint density at radius 2 is 1.76 bits per heavy atom. The number of benzene rings is 1. The number of rotatable bonds is 8. The second-order valence-electron chi connectivity index (χ2n) is 5.43. The number of nitrogens with two attached hydrogens (primary N) is 2. The van der Waals surface area contributed by atoms with Crippen LogP contribution in [0.5, 0.6) is 0 Å². The Kier molecular flexibility index (Phi) is 7.02. The van der Waals surface area contributed by atoms with E-state index < -0.39 is 0 Å². The highest BCUT2D eigenvalue weighted by Crippen LogP contribution is 2.14. The smallest absolute Gasteiger partial charge is 0.251 e. The van der Waals surface area contributed by atoms with Gasteiger partial charge in [-0.1, -0.05) is 13.8 Å². The van der Waals surface area contributed by atoms with E-state index in [0.29, 0.717) is 16.9 Å². The molecule has 0 radical (unpaired) electrons. The van der Waals surface area contributed by atoms with Crippen molar-refractivity contribution in [1.29, 1.82) is 0 Å². The minimum Gasteiger partial charge on any atom is -0.399 e. The molecule has 5 heteroatoms. The molecule has 118 valence electrons. The van der Waals surface area contributed by atoms with Crippen LogP contribution in [-0.4, -0.2) is 36.5 Å². The zero-order chi connectivity index (χ0) is 15.8. The summed E-state index contributed by atoms with van der Waals surface area (Å²) in [4.78, 5) is 14.5. The first kappa shape index (κ1) is 17.3. The van der Waals surface area contributed by atoms with E-state index in [1.165, 1.54) is 0 Å². The van der Waals surface area contributed by atoms with E-state index in [9.17, 15) is 4.79 Å². The number of carbonyl (C=O) groups is 1. The molecule has 1 amide bonds. The second kappa shape index (κ2) is 8.52. The molecule has 0 fully saturated rings. The van der Waals surface area contributed by atoms with Gasteiger partial charge in [-0.25, -0.2) is 0 Å². The van der Waals surface area contributed by atoms with Gasteiger partial charge in [0.2, 0.25) is 0 Å². The summed E-state index contributed by atoms with van der Waals surface area (Å²) in [6.07, 6.45) is 2.03. The molecule has 0 heterocycles. The number of hydrogen-bond acceptors (Lipinski definition) is 4. The molecule has 1 unspecified atom stereocenters. The van der Waals surface area contributed by atoms with Gasteiger partial charge < -0.3 is 21.7 Å². The first-order valence-corrected chi connectivity index (χ1v) is 7.65. The fourth-order valence-corrected chi connectivity index (χ4v) is 2.35. The lowest BCUT2D eigenvalue weighted by atomic mass is 10.1. The highest BCUT2D eigenvalue weighted by Gasteiger charge is 2.11. The van der Waals surface area contributed by atoms with Crippen molar-refractivity contribution >= 4 is 17.3 Å². The summed E-state index contributed by atoms with van der Waals surface area (Å²) in [5, 5.41) is 2.99. The Morgan fingerprint density at radius 1 is 1.19 bits per heavy atom. The van der Waals surface area contributed by atoms with Crippen molar-refractivity contribution in [2.24, 2.45) is 0 Å². The van der Waals surface area contributed by atoms with Gasteiger partial charge in [0.15, 0.2) is 0 Å². The molecule has 1 aromatic rings. The molecule has 0 aliphatic rings. The van der Waals surface area contributed by atoms with Gasteiger partial charge >= 0.3 is 0 Å². The van der Waals surface area contributed by atoms with Crippen molar-refractivity contribution in [2.75, 3.05) is 31.1 Å². The number of nitrogens with zero attached hydrogens (tertiary/aromatic N) is 1. The third kappa shape index (κ3) is 6.04. The molecular formula is C16H28N4O. The summed E-state index contributed by atoms with van der Waals surface area (Å²) in [5.74, 6) is -0.121. The molecule has 0 aliphatic heterocycles. The van der Waals surface area contributed by atoms with Gasteiger partial charge in [-0.15, -0.1) is 0 Å².